The van der Waals surface area contributed by atoms with Crippen LogP contribution in [0.15, 0.2) is 24.3 Å². The number of benzene rings is 1. The van der Waals surface area contributed by atoms with E-state index in [0.29, 0.717) is 6.54 Å². The normalized spacial score (nSPS) is 18.6. The molecule has 0 bridgehead atoms. The fourth-order valence-electron chi connectivity index (χ4n) is 2.99. The molecule has 1 fully saturated rings. The number of hydrogen-bond acceptors (Lipinski definition) is 3. The van der Waals surface area contributed by atoms with Crippen LogP contribution >= 0.6 is 0 Å². The van der Waals surface area contributed by atoms with Gasteiger partial charge in [-0.2, -0.15) is 0 Å². The third-order valence-electron chi connectivity index (χ3n) is 4.26. The Hall–Kier alpha value is -1.55. The zero-order valence-electron chi connectivity index (χ0n) is 12.3. The Morgan fingerprint density at radius 2 is 2.15 bits per heavy atom. The summed E-state index contributed by atoms with van der Waals surface area (Å²) in [5.74, 6) is 0.784. The minimum Gasteiger partial charge on any atom is -0.497 e. The van der Waals surface area contributed by atoms with Crippen LogP contribution in [-0.2, 0) is 10.2 Å². The van der Waals surface area contributed by atoms with Crippen molar-refractivity contribution in [2.45, 2.75) is 44.1 Å². The molecule has 110 valence electrons. The van der Waals surface area contributed by atoms with E-state index in [4.69, 9.17) is 10.5 Å². The van der Waals surface area contributed by atoms with Crippen LogP contribution in [0.2, 0.25) is 0 Å². The number of methoxy groups -OCH3 is 1. The molecule has 1 aliphatic rings. The topological polar surface area (TPSA) is 64.3 Å². The summed E-state index contributed by atoms with van der Waals surface area (Å²) in [6.07, 6.45) is 4.59. The molecule has 1 atom stereocenters. The predicted molar refractivity (Wildman–Crippen MR) is 79.8 cm³/mol. The molecule has 3 N–H and O–H groups in total. The zero-order valence-corrected chi connectivity index (χ0v) is 12.3. The van der Waals surface area contributed by atoms with Gasteiger partial charge in [0.05, 0.1) is 13.2 Å². The Morgan fingerprint density at radius 3 is 2.75 bits per heavy atom. The predicted octanol–water partition coefficient (Wildman–Crippen LogP) is 1.97. The van der Waals surface area contributed by atoms with Gasteiger partial charge in [0.2, 0.25) is 5.91 Å². The Morgan fingerprint density at radius 1 is 1.45 bits per heavy atom. The first-order valence-corrected chi connectivity index (χ1v) is 7.25. The average Bonchev–Trinajstić information content (AvgIpc) is 2.95. The molecule has 1 amide bonds. The fourth-order valence-corrected chi connectivity index (χ4v) is 2.99. The summed E-state index contributed by atoms with van der Waals surface area (Å²) < 4.78 is 5.32. The maximum absolute atomic E-state index is 11.7. The van der Waals surface area contributed by atoms with Crippen molar-refractivity contribution in [3.8, 4) is 5.75 Å². The van der Waals surface area contributed by atoms with Crippen molar-refractivity contribution < 1.29 is 9.53 Å². The van der Waals surface area contributed by atoms with Gasteiger partial charge in [0.1, 0.15) is 5.75 Å². The van der Waals surface area contributed by atoms with Gasteiger partial charge in [-0.1, -0.05) is 25.0 Å². The molecule has 0 aromatic heterocycles. The third kappa shape index (κ3) is 3.12. The largest absolute Gasteiger partial charge is 0.497 e. The highest BCUT2D eigenvalue weighted by molar-refractivity contribution is 5.81. The summed E-state index contributed by atoms with van der Waals surface area (Å²) in [7, 11) is 1.68. The maximum atomic E-state index is 11.7. The van der Waals surface area contributed by atoms with E-state index in [9.17, 15) is 4.79 Å². The van der Waals surface area contributed by atoms with Crippen LogP contribution in [0.1, 0.15) is 38.2 Å². The number of carbonyl (C=O) groups is 1. The molecule has 4 heteroatoms. The first-order valence-electron chi connectivity index (χ1n) is 7.25. The number of hydrogen-bond donors (Lipinski definition) is 2. The number of amides is 1. The van der Waals surface area contributed by atoms with Gasteiger partial charge in [0.25, 0.3) is 0 Å². The Kier molecular flexibility index (Phi) is 4.65. The highest BCUT2D eigenvalue weighted by Crippen LogP contribution is 2.41. The van der Waals surface area contributed by atoms with Gasteiger partial charge in [-0.25, -0.2) is 0 Å². The van der Waals surface area contributed by atoms with Crippen molar-refractivity contribution >= 4 is 5.91 Å². The van der Waals surface area contributed by atoms with Crippen LogP contribution in [-0.4, -0.2) is 25.6 Å². The van der Waals surface area contributed by atoms with Gasteiger partial charge in [0, 0.05) is 12.0 Å². The van der Waals surface area contributed by atoms with Gasteiger partial charge in [0.15, 0.2) is 0 Å². The Bertz CT molecular complexity index is 465. The summed E-state index contributed by atoms with van der Waals surface area (Å²) in [4.78, 5) is 11.7. The van der Waals surface area contributed by atoms with Crippen LogP contribution < -0.4 is 15.8 Å². The second-order valence-electron chi connectivity index (χ2n) is 5.73. The summed E-state index contributed by atoms with van der Waals surface area (Å²) in [6.45, 7) is 2.36. The minimum atomic E-state index is -0.459. The molecule has 0 heterocycles. The molecular formula is C16H24N2O2. The molecule has 1 aliphatic carbocycles. The van der Waals surface area contributed by atoms with Crippen LogP contribution in [0.4, 0.5) is 0 Å². The molecule has 0 spiro atoms. The molecule has 1 saturated carbocycles. The first-order chi connectivity index (χ1) is 9.57. The molecule has 4 nitrogen and oxygen atoms in total. The van der Waals surface area contributed by atoms with E-state index in [1.54, 1.807) is 14.0 Å². The standard InChI is InChI=1S/C16H24N2O2/c1-12(17)15(19)18-11-16(8-3-4-9-16)13-6-5-7-14(10-13)20-2/h5-7,10,12H,3-4,8-9,11,17H2,1-2H3,(H,18,19)/t12-/m0/s1. The lowest BCUT2D eigenvalue weighted by atomic mass is 9.78. The molecular weight excluding hydrogens is 252 g/mol. The van der Waals surface area contributed by atoms with Crippen molar-refractivity contribution in [2.24, 2.45) is 5.73 Å². The number of nitrogens with two attached hydrogens (primary N) is 1. The summed E-state index contributed by atoms with van der Waals surface area (Å²) in [6, 6.07) is 7.72. The van der Waals surface area contributed by atoms with Gasteiger partial charge in [-0.05, 0) is 37.5 Å². The highest BCUT2D eigenvalue weighted by Gasteiger charge is 2.36. The third-order valence-corrected chi connectivity index (χ3v) is 4.26. The lowest BCUT2D eigenvalue weighted by molar-refractivity contribution is -0.122. The van der Waals surface area contributed by atoms with E-state index in [0.717, 1.165) is 18.6 Å². The van der Waals surface area contributed by atoms with Gasteiger partial charge < -0.3 is 15.8 Å². The van der Waals surface area contributed by atoms with Gasteiger partial charge in [-0.15, -0.1) is 0 Å². The van der Waals surface area contributed by atoms with E-state index in [-0.39, 0.29) is 11.3 Å². The Labute approximate surface area is 120 Å². The quantitative estimate of drug-likeness (QED) is 0.864. The van der Waals surface area contributed by atoms with Gasteiger partial charge in [-0.3, -0.25) is 4.79 Å². The van der Waals surface area contributed by atoms with E-state index < -0.39 is 6.04 Å². The number of rotatable bonds is 5. The van der Waals surface area contributed by atoms with Crippen molar-refractivity contribution in [3.05, 3.63) is 29.8 Å². The summed E-state index contributed by atoms with van der Waals surface area (Å²) in [5.41, 5.74) is 6.89. The lowest BCUT2D eigenvalue weighted by Crippen LogP contribution is -2.45. The van der Waals surface area contributed by atoms with Crippen LogP contribution in [0.5, 0.6) is 5.75 Å². The molecule has 1 aromatic carbocycles. The molecule has 2 rings (SSSR count). The van der Waals surface area contributed by atoms with Crippen molar-refractivity contribution in [3.63, 3.8) is 0 Å². The second-order valence-corrected chi connectivity index (χ2v) is 5.73. The van der Waals surface area contributed by atoms with Crippen molar-refractivity contribution in [2.75, 3.05) is 13.7 Å². The van der Waals surface area contributed by atoms with E-state index in [2.05, 4.69) is 17.4 Å². The summed E-state index contributed by atoms with van der Waals surface area (Å²) in [5, 5.41) is 3.00. The molecule has 20 heavy (non-hydrogen) atoms. The molecule has 0 aliphatic heterocycles. The average molecular weight is 276 g/mol. The summed E-state index contributed by atoms with van der Waals surface area (Å²) >= 11 is 0. The van der Waals surface area contributed by atoms with Crippen LogP contribution in [0.25, 0.3) is 0 Å². The van der Waals surface area contributed by atoms with Crippen LogP contribution in [0, 0.1) is 0 Å². The zero-order chi connectivity index (χ0) is 14.6. The van der Waals surface area contributed by atoms with E-state index >= 15 is 0 Å². The van der Waals surface area contributed by atoms with E-state index in [1.807, 2.05) is 12.1 Å². The number of carbonyl (C=O) groups excluding carboxylic acids is 1. The molecule has 1 aromatic rings. The molecule has 0 radical (unpaired) electrons. The highest BCUT2D eigenvalue weighted by atomic mass is 16.5. The number of ether oxygens (including phenoxy) is 1. The Balaban J connectivity index is 2.18. The van der Waals surface area contributed by atoms with Crippen molar-refractivity contribution in [1.29, 1.82) is 0 Å². The molecule has 0 saturated heterocycles. The second kappa shape index (κ2) is 6.27. The SMILES string of the molecule is COc1cccc(C2(CNC(=O)[C@H](C)N)CCCC2)c1. The van der Waals surface area contributed by atoms with E-state index in [1.165, 1.54) is 18.4 Å². The van der Waals surface area contributed by atoms with Gasteiger partial charge >= 0.3 is 0 Å². The minimum absolute atomic E-state index is 0.0269. The smallest absolute Gasteiger partial charge is 0.236 e. The first kappa shape index (κ1) is 14.9. The maximum Gasteiger partial charge on any atom is 0.236 e. The van der Waals surface area contributed by atoms with Crippen LogP contribution in [0.3, 0.4) is 0 Å². The fraction of sp³-hybridized carbons (Fsp3) is 0.562. The monoisotopic (exact) mass is 276 g/mol. The number of nitrogens with one attached hydrogen (secondary N) is 1. The molecule has 0 unspecified atom stereocenters. The van der Waals surface area contributed by atoms with Crippen molar-refractivity contribution in [1.82, 2.24) is 5.32 Å². The lowest BCUT2D eigenvalue weighted by Gasteiger charge is -2.30.